The van der Waals surface area contributed by atoms with Gasteiger partial charge in [0.15, 0.2) is 0 Å². The molecule has 1 N–H and O–H groups in total. The summed E-state index contributed by atoms with van der Waals surface area (Å²) in [4.78, 5) is 28.8. The van der Waals surface area contributed by atoms with Crippen LogP contribution in [0.2, 0.25) is 5.02 Å². The van der Waals surface area contributed by atoms with Gasteiger partial charge in [-0.05, 0) is 78.7 Å². The number of carbonyl (C=O) groups is 2. The van der Waals surface area contributed by atoms with Crippen molar-refractivity contribution >= 4 is 39.1 Å². The number of amides is 2. The van der Waals surface area contributed by atoms with Gasteiger partial charge in [0.05, 0.1) is 17.2 Å². The molecular formula is C33H33ClFN3O5S. The third-order valence-electron chi connectivity index (χ3n) is 6.90. The maximum Gasteiger partial charge on any atom is 0.264 e. The number of nitrogens with one attached hydrogen (secondary N) is 1. The summed E-state index contributed by atoms with van der Waals surface area (Å²) in [5.41, 5.74) is 1.59. The average molecular weight is 638 g/mol. The zero-order chi connectivity index (χ0) is 31.7. The summed E-state index contributed by atoms with van der Waals surface area (Å²) in [5.74, 6) is -0.982. The molecule has 0 spiro atoms. The van der Waals surface area contributed by atoms with Crippen molar-refractivity contribution < 1.29 is 27.1 Å². The lowest BCUT2D eigenvalue weighted by molar-refractivity contribution is -0.139. The first-order valence-electron chi connectivity index (χ1n) is 13.9. The Morgan fingerprint density at radius 3 is 2.11 bits per heavy atom. The number of benzene rings is 4. The molecule has 1 atom stereocenters. The molecule has 11 heteroatoms. The van der Waals surface area contributed by atoms with Crippen molar-refractivity contribution in [3.05, 3.63) is 125 Å². The fourth-order valence-corrected chi connectivity index (χ4v) is 6.19. The largest absolute Gasteiger partial charge is 0.494 e. The third-order valence-corrected chi connectivity index (χ3v) is 8.94. The molecule has 0 aliphatic rings. The van der Waals surface area contributed by atoms with E-state index in [0.29, 0.717) is 22.9 Å². The summed E-state index contributed by atoms with van der Waals surface area (Å²) in [6, 6.07) is 25.7. The van der Waals surface area contributed by atoms with E-state index in [0.717, 1.165) is 9.87 Å². The number of rotatable bonds is 13. The minimum Gasteiger partial charge on any atom is -0.494 e. The number of halogens is 2. The van der Waals surface area contributed by atoms with Gasteiger partial charge in [0.1, 0.15) is 24.2 Å². The molecule has 4 aromatic rings. The summed E-state index contributed by atoms with van der Waals surface area (Å²) in [5, 5.41) is 2.98. The Kier molecular flexibility index (Phi) is 11.0. The summed E-state index contributed by atoms with van der Waals surface area (Å²) < 4.78 is 48.3. The molecule has 0 bridgehead atoms. The monoisotopic (exact) mass is 637 g/mol. The molecule has 0 heterocycles. The van der Waals surface area contributed by atoms with Crippen molar-refractivity contribution in [3.63, 3.8) is 0 Å². The van der Waals surface area contributed by atoms with E-state index in [2.05, 4.69) is 5.32 Å². The second kappa shape index (κ2) is 14.9. The van der Waals surface area contributed by atoms with Crippen molar-refractivity contribution in [2.75, 3.05) is 24.5 Å². The Morgan fingerprint density at radius 1 is 0.886 bits per heavy atom. The highest BCUT2D eigenvalue weighted by Crippen LogP contribution is 2.28. The van der Waals surface area contributed by atoms with Crippen LogP contribution in [0.25, 0.3) is 0 Å². The Labute approximate surface area is 262 Å². The predicted octanol–water partition coefficient (Wildman–Crippen LogP) is 5.46. The summed E-state index contributed by atoms with van der Waals surface area (Å²) in [7, 11) is -2.81. The molecule has 0 unspecified atom stereocenters. The summed E-state index contributed by atoms with van der Waals surface area (Å²) >= 11 is 6.02. The van der Waals surface area contributed by atoms with Crippen LogP contribution in [0.5, 0.6) is 5.75 Å². The van der Waals surface area contributed by atoms with Crippen molar-refractivity contribution in [3.8, 4) is 5.75 Å². The first-order valence-corrected chi connectivity index (χ1v) is 15.7. The highest BCUT2D eigenvalue weighted by atomic mass is 35.5. The van der Waals surface area contributed by atoms with Crippen LogP contribution in [-0.2, 0) is 32.6 Å². The second-order valence-electron chi connectivity index (χ2n) is 9.86. The zero-order valence-electron chi connectivity index (χ0n) is 24.3. The fraction of sp³-hybridized carbons (Fsp3) is 0.212. The maximum atomic E-state index is 14.3. The van der Waals surface area contributed by atoms with Crippen LogP contribution in [-0.4, -0.2) is 51.4 Å². The minimum absolute atomic E-state index is 0.0673. The van der Waals surface area contributed by atoms with Gasteiger partial charge in [0.25, 0.3) is 10.0 Å². The predicted molar refractivity (Wildman–Crippen MR) is 169 cm³/mol. The van der Waals surface area contributed by atoms with E-state index in [1.165, 1.54) is 60.5 Å². The summed E-state index contributed by atoms with van der Waals surface area (Å²) in [6.45, 7) is 1.56. The van der Waals surface area contributed by atoms with E-state index < -0.39 is 40.2 Å². The molecule has 2 amide bonds. The van der Waals surface area contributed by atoms with Crippen molar-refractivity contribution in [1.82, 2.24) is 10.2 Å². The molecule has 0 aromatic heterocycles. The molecule has 8 nitrogen and oxygen atoms in total. The van der Waals surface area contributed by atoms with E-state index in [1.54, 1.807) is 24.3 Å². The van der Waals surface area contributed by atoms with E-state index in [4.69, 9.17) is 16.3 Å². The molecule has 0 saturated heterocycles. The number of sulfonamides is 1. The van der Waals surface area contributed by atoms with Gasteiger partial charge in [-0.2, -0.15) is 0 Å². The van der Waals surface area contributed by atoms with E-state index in [-0.39, 0.29) is 23.5 Å². The first kappa shape index (κ1) is 32.5. The normalized spacial score (nSPS) is 11.8. The Balaban J connectivity index is 1.78. The number of hydrogen-bond donors (Lipinski definition) is 1. The molecule has 0 radical (unpaired) electrons. The molecule has 0 fully saturated rings. The number of likely N-dealkylation sites (N-methyl/N-ethyl adjacent to an activating group) is 1. The lowest BCUT2D eigenvalue weighted by Crippen LogP contribution is -2.53. The van der Waals surface area contributed by atoms with Crippen LogP contribution in [0.4, 0.5) is 10.1 Å². The number of ether oxygens (including phenoxy) is 1. The van der Waals surface area contributed by atoms with Gasteiger partial charge in [-0.1, -0.05) is 54.1 Å². The molecule has 0 saturated carbocycles. The number of anilines is 1. The van der Waals surface area contributed by atoms with Crippen LogP contribution in [0, 0.1) is 5.82 Å². The van der Waals surface area contributed by atoms with Gasteiger partial charge >= 0.3 is 0 Å². The highest BCUT2D eigenvalue weighted by Gasteiger charge is 2.34. The van der Waals surface area contributed by atoms with Crippen molar-refractivity contribution in [1.29, 1.82) is 0 Å². The van der Waals surface area contributed by atoms with Crippen LogP contribution < -0.4 is 14.4 Å². The van der Waals surface area contributed by atoms with Gasteiger partial charge in [-0.25, -0.2) is 12.8 Å². The van der Waals surface area contributed by atoms with Crippen LogP contribution in [0.15, 0.2) is 108 Å². The van der Waals surface area contributed by atoms with E-state index >= 15 is 0 Å². The smallest absolute Gasteiger partial charge is 0.264 e. The number of carbonyl (C=O) groups excluding carboxylic acids is 2. The summed E-state index contributed by atoms with van der Waals surface area (Å²) in [6.07, 6.45) is 0.167. The van der Waals surface area contributed by atoms with Gasteiger partial charge < -0.3 is 15.0 Å². The average Bonchev–Trinajstić information content (AvgIpc) is 3.03. The highest BCUT2D eigenvalue weighted by molar-refractivity contribution is 7.92. The zero-order valence-corrected chi connectivity index (χ0v) is 25.9. The van der Waals surface area contributed by atoms with Gasteiger partial charge in [-0.15, -0.1) is 0 Å². The second-order valence-corrected chi connectivity index (χ2v) is 12.2. The Hall–Kier alpha value is -4.41. The molecule has 230 valence electrons. The molecule has 4 rings (SSSR count). The van der Waals surface area contributed by atoms with Gasteiger partial charge in [-0.3, -0.25) is 13.9 Å². The quantitative estimate of drug-likeness (QED) is 0.210. The topological polar surface area (TPSA) is 96.0 Å². The van der Waals surface area contributed by atoms with Crippen LogP contribution in [0.3, 0.4) is 0 Å². The molecule has 0 aliphatic carbocycles. The van der Waals surface area contributed by atoms with Crippen LogP contribution in [0.1, 0.15) is 18.1 Å². The molecule has 44 heavy (non-hydrogen) atoms. The molecular weight excluding hydrogens is 605 g/mol. The molecule has 4 aromatic carbocycles. The van der Waals surface area contributed by atoms with Gasteiger partial charge in [0, 0.05) is 25.0 Å². The number of nitrogens with zero attached hydrogens (tertiary/aromatic N) is 2. The van der Waals surface area contributed by atoms with Crippen molar-refractivity contribution in [2.24, 2.45) is 0 Å². The Bertz CT molecular complexity index is 1650. The SMILES string of the molecule is CCOc1ccc(N(CC(=O)N(Cc2ccc(F)cc2)[C@@H](Cc2ccccc2)C(=O)NC)S(=O)(=O)c2ccc(Cl)cc2)cc1. The Morgan fingerprint density at radius 2 is 1.52 bits per heavy atom. The van der Waals surface area contributed by atoms with E-state index in [1.807, 2.05) is 37.3 Å². The lowest BCUT2D eigenvalue weighted by atomic mass is 10.0. The standard InChI is InChI=1S/C33H33ClFN3O5S/c1-3-43-29-17-15-28(16-18-29)38(44(41,42)30-19-11-26(34)12-20-30)23-32(39)37(22-25-9-13-27(35)14-10-25)31(33(40)36-2)21-24-7-5-4-6-8-24/h4-20,31H,3,21-23H2,1-2H3,(H,36,40)/t31-/m0/s1. The van der Waals surface area contributed by atoms with Crippen LogP contribution >= 0.6 is 11.6 Å². The number of hydrogen-bond acceptors (Lipinski definition) is 5. The lowest BCUT2D eigenvalue weighted by Gasteiger charge is -2.33. The fourth-order valence-electron chi connectivity index (χ4n) is 4.64. The van der Waals surface area contributed by atoms with Crippen molar-refractivity contribution in [2.45, 2.75) is 30.8 Å². The van der Waals surface area contributed by atoms with Gasteiger partial charge in [0.2, 0.25) is 11.8 Å². The first-order chi connectivity index (χ1) is 21.1. The van der Waals surface area contributed by atoms with E-state index in [9.17, 15) is 22.4 Å². The molecule has 0 aliphatic heterocycles. The minimum atomic E-state index is -4.28. The third kappa shape index (κ3) is 8.15. The maximum absolute atomic E-state index is 14.3.